The number of anilines is 1. The lowest BCUT2D eigenvalue weighted by Gasteiger charge is -2.29. The van der Waals surface area contributed by atoms with E-state index in [1.807, 2.05) is 0 Å². The third-order valence-corrected chi connectivity index (χ3v) is 5.10. The molecule has 1 N–H and O–H groups in total. The summed E-state index contributed by atoms with van der Waals surface area (Å²) in [7, 11) is 0. The topological polar surface area (TPSA) is 28.2 Å². The summed E-state index contributed by atoms with van der Waals surface area (Å²) in [4.78, 5) is 7.41. The van der Waals surface area contributed by atoms with Crippen molar-refractivity contribution < 1.29 is 0 Å². The Kier molecular flexibility index (Phi) is 3.30. The second-order valence-corrected chi connectivity index (χ2v) is 6.42. The molecule has 1 aliphatic carbocycles. The number of hydrogen-bond acceptors (Lipinski definition) is 3. The highest BCUT2D eigenvalue weighted by Crippen LogP contribution is 2.41. The summed E-state index contributed by atoms with van der Waals surface area (Å²) in [6, 6.07) is 9.47. The van der Waals surface area contributed by atoms with Crippen LogP contribution in [0.2, 0.25) is 0 Å². The van der Waals surface area contributed by atoms with Gasteiger partial charge in [-0.3, -0.25) is 0 Å². The van der Waals surface area contributed by atoms with Gasteiger partial charge in [0.15, 0.2) is 0 Å². The van der Waals surface area contributed by atoms with E-state index in [1.165, 1.54) is 48.0 Å². The lowest BCUT2D eigenvalue weighted by molar-refractivity contribution is 0.551. The number of rotatable bonds is 4. The Hall–Kier alpha value is -1.61. The van der Waals surface area contributed by atoms with Crippen LogP contribution in [0.15, 0.2) is 30.5 Å². The molecule has 1 aliphatic heterocycles. The molecule has 4 rings (SSSR count). The number of hydrogen-bond donors (Lipinski definition) is 1. The molecule has 2 atom stereocenters. The third kappa shape index (κ3) is 2.20. The summed E-state index contributed by atoms with van der Waals surface area (Å²) < 4.78 is 0. The van der Waals surface area contributed by atoms with Gasteiger partial charge in [-0.1, -0.05) is 31.2 Å². The zero-order valence-corrected chi connectivity index (χ0v) is 12.7. The van der Waals surface area contributed by atoms with Crippen molar-refractivity contribution in [3.63, 3.8) is 0 Å². The Morgan fingerprint density at radius 3 is 2.81 bits per heavy atom. The molecule has 2 bridgehead atoms. The van der Waals surface area contributed by atoms with Crippen LogP contribution in [0, 0.1) is 5.92 Å². The Labute approximate surface area is 126 Å². The van der Waals surface area contributed by atoms with Crippen LogP contribution in [0.4, 0.5) is 5.82 Å². The van der Waals surface area contributed by atoms with Gasteiger partial charge in [0.05, 0.1) is 0 Å². The van der Waals surface area contributed by atoms with E-state index >= 15 is 0 Å². The third-order valence-electron chi connectivity index (χ3n) is 5.10. The lowest BCUT2D eigenvalue weighted by atomic mass is 10.0. The molecule has 1 saturated carbocycles. The number of fused-ring (bicyclic) bond motifs is 3. The van der Waals surface area contributed by atoms with Crippen LogP contribution >= 0.6 is 0 Å². The van der Waals surface area contributed by atoms with Crippen molar-refractivity contribution in [2.75, 3.05) is 18.0 Å². The molecule has 2 aromatic rings. The summed E-state index contributed by atoms with van der Waals surface area (Å²) >= 11 is 0. The summed E-state index contributed by atoms with van der Waals surface area (Å²) in [5.41, 5.74) is 1.31. The van der Waals surface area contributed by atoms with Gasteiger partial charge >= 0.3 is 0 Å². The van der Waals surface area contributed by atoms with Gasteiger partial charge in [0.25, 0.3) is 0 Å². The van der Waals surface area contributed by atoms with Gasteiger partial charge in [-0.25, -0.2) is 4.98 Å². The molecule has 1 saturated heterocycles. The fourth-order valence-corrected chi connectivity index (χ4v) is 4.05. The molecule has 0 radical (unpaired) electrons. The largest absolute Gasteiger partial charge is 0.353 e. The van der Waals surface area contributed by atoms with Crippen LogP contribution < -0.4 is 10.2 Å². The van der Waals surface area contributed by atoms with Gasteiger partial charge in [-0.15, -0.1) is 0 Å². The summed E-state index contributed by atoms with van der Waals surface area (Å²) in [5.74, 6) is 2.11. The molecule has 2 unspecified atom stereocenters. The van der Waals surface area contributed by atoms with Crippen molar-refractivity contribution in [2.45, 2.75) is 38.8 Å². The quantitative estimate of drug-likeness (QED) is 0.931. The highest BCUT2D eigenvalue weighted by atomic mass is 15.2. The van der Waals surface area contributed by atoms with Crippen LogP contribution in [0.25, 0.3) is 10.8 Å². The van der Waals surface area contributed by atoms with Crippen molar-refractivity contribution in [1.29, 1.82) is 0 Å². The molecule has 0 amide bonds. The predicted octanol–water partition coefficient (Wildman–Crippen LogP) is 3.33. The Morgan fingerprint density at radius 1 is 1.24 bits per heavy atom. The molecular weight excluding hydrogens is 258 g/mol. The van der Waals surface area contributed by atoms with Crippen LogP contribution in [0.3, 0.4) is 0 Å². The first kappa shape index (κ1) is 13.1. The highest BCUT2D eigenvalue weighted by Gasteiger charge is 2.38. The molecule has 2 heterocycles. The number of pyridine rings is 1. The van der Waals surface area contributed by atoms with Crippen LogP contribution in [-0.2, 0) is 6.54 Å². The van der Waals surface area contributed by atoms with E-state index in [0.29, 0.717) is 0 Å². The molecule has 1 aromatic carbocycles. The zero-order valence-electron chi connectivity index (χ0n) is 12.7. The Balaban J connectivity index is 1.76. The van der Waals surface area contributed by atoms with Crippen molar-refractivity contribution in [3.05, 3.63) is 36.0 Å². The minimum Gasteiger partial charge on any atom is -0.353 e. The molecule has 3 heteroatoms. The summed E-state index contributed by atoms with van der Waals surface area (Å²) in [5, 5.41) is 6.09. The van der Waals surface area contributed by atoms with Crippen molar-refractivity contribution in [1.82, 2.24) is 10.3 Å². The Morgan fingerprint density at radius 2 is 2.10 bits per heavy atom. The van der Waals surface area contributed by atoms with Crippen LogP contribution in [0.5, 0.6) is 0 Å². The van der Waals surface area contributed by atoms with E-state index in [0.717, 1.165) is 25.0 Å². The maximum atomic E-state index is 4.85. The van der Waals surface area contributed by atoms with Gasteiger partial charge < -0.3 is 10.2 Å². The van der Waals surface area contributed by atoms with Gasteiger partial charge in [0.1, 0.15) is 5.82 Å². The number of piperidine rings is 1. The average Bonchev–Trinajstić information content (AvgIpc) is 3.15. The SMILES string of the molecule is CCNCc1cnc(N2CC3CCC2C3)c2ccccc12. The van der Waals surface area contributed by atoms with Crippen molar-refractivity contribution in [3.8, 4) is 0 Å². The smallest absolute Gasteiger partial charge is 0.136 e. The number of nitrogens with one attached hydrogen (secondary N) is 1. The molecule has 110 valence electrons. The van der Waals surface area contributed by atoms with Crippen LogP contribution in [-0.4, -0.2) is 24.1 Å². The normalized spacial score (nSPS) is 24.1. The standard InChI is InChI=1S/C18H23N3/c1-2-19-10-14-11-20-18(17-6-4-3-5-16(14)17)21-12-13-7-8-15(21)9-13/h3-6,11,13,15,19H,2,7-10,12H2,1H3. The van der Waals surface area contributed by atoms with E-state index in [-0.39, 0.29) is 0 Å². The van der Waals surface area contributed by atoms with Crippen molar-refractivity contribution in [2.24, 2.45) is 5.92 Å². The van der Waals surface area contributed by atoms with Crippen LogP contribution in [0.1, 0.15) is 31.7 Å². The molecule has 0 spiro atoms. The first-order valence-corrected chi connectivity index (χ1v) is 8.20. The molecule has 3 nitrogen and oxygen atoms in total. The van der Waals surface area contributed by atoms with Gasteiger partial charge in [-0.2, -0.15) is 0 Å². The zero-order chi connectivity index (χ0) is 14.2. The first-order chi connectivity index (χ1) is 10.4. The predicted molar refractivity (Wildman–Crippen MR) is 87.6 cm³/mol. The molecule has 1 aromatic heterocycles. The van der Waals surface area contributed by atoms with Crippen molar-refractivity contribution >= 4 is 16.6 Å². The van der Waals surface area contributed by atoms with E-state index in [2.05, 4.69) is 47.6 Å². The minimum absolute atomic E-state index is 0.727. The maximum absolute atomic E-state index is 4.85. The molecule has 21 heavy (non-hydrogen) atoms. The van der Waals surface area contributed by atoms with E-state index in [4.69, 9.17) is 4.98 Å². The molecule has 2 aliphatic rings. The van der Waals surface area contributed by atoms with E-state index in [9.17, 15) is 0 Å². The average molecular weight is 281 g/mol. The Bertz CT molecular complexity index is 652. The fourth-order valence-electron chi connectivity index (χ4n) is 4.05. The maximum Gasteiger partial charge on any atom is 0.136 e. The summed E-state index contributed by atoms with van der Waals surface area (Å²) in [6.07, 6.45) is 6.21. The number of nitrogens with zero attached hydrogens (tertiary/aromatic N) is 2. The van der Waals surface area contributed by atoms with E-state index < -0.39 is 0 Å². The molecule has 2 fully saturated rings. The molecular formula is C18H23N3. The van der Waals surface area contributed by atoms with Gasteiger partial charge in [-0.05, 0) is 42.7 Å². The second kappa shape index (κ2) is 5.30. The lowest BCUT2D eigenvalue weighted by Crippen LogP contribution is -2.32. The fraction of sp³-hybridized carbons (Fsp3) is 0.500. The first-order valence-electron chi connectivity index (χ1n) is 8.20. The van der Waals surface area contributed by atoms with Gasteiger partial charge in [0, 0.05) is 30.7 Å². The number of aromatic nitrogens is 1. The minimum atomic E-state index is 0.727. The monoisotopic (exact) mass is 281 g/mol. The van der Waals surface area contributed by atoms with Gasteiger partial charge in [0.2, 0.25) is 0 Å². The summed E-state index contributed by atoms with van der Waals surface area (Å²) in [6.45, 7) is 5.24. The number of benzene rings is 1. The highest BCUT2D eigenvalue weighted by molar-refractivity contribution is 5.94. The van der Waals surface area contributed by atoms with E-state index in [1.54, 1.807) is 0 Å². The second-order valence-electron chi connectivity index (χ2n) is 6.42.